The molecule has 7 nitrogen and oxygen atoms in total. The molecule has 0 saturated carbocycles. The lowest BCUT2D eigenvalue weighted by Crippen LogP contribution is -2.48. The highest BCUT2D eigenvalue weighted by molar-refractivity contribution is 14.1. The van der Waals surface area contributed by atoms with E-state index >= 15 is 0 Å². The first-order valence-electron chi connectivity index (χ1n) is 20.2. The van der Waals surface area contributed by atoms with E-state index in [1.807, 2.05) is 28.3 Å². The third-order valence-corrected chi connectivity index (χ3v) is 26.8. The Labute approximate surface area is 348 Å². The highest BCUT2D eigenvalue weighted by Crippen LogP contribution is 2.44. The lowest BCUT2D eigenvalue weighted by atomic mass is 9.89. The van der Waals surface area contributed by atoms with Crippen LogP contribution in [-0.4, -0.2) is 75.0 Å². The molecular formula is C43H79IO7Si3. The minimum atomic E-state index is -2.15. The van der Waals surface area contributed by atoms with Crippen LogP contribution < -0.4 is 4.74 Å². The zero-order chi connectivity index (χ0) is 41.5. The molecule has 7 atom stereocenters. The van der Waals surface area contributed by atoms with Gasteiger partial charge in [0, 0.05) is 25.9 Å². The van der Waals surface area contributed by atoms with Gasteiger partial charge in [0.25, 0.3) is 0 Å². The minimum absolute atomic E-state index is 0.0137. The fourth-order valence-corrected chi connectivity index (χ4v) is 10.3. The van der Waals surface area contributed by atoms with Gasteiger partial charge in [-0.2, -0.15) is 0 Å². The van der Waals surface area contributed by atoms with E-state index in [0.29, 0.717) is 26.1 Å². The molecule has 11 heteroatoms. The summed E-state index contributed by atoms with van der Waals surface area (Å²) in [6.45, 7) is 39.9. The molecule has 0 aromatic heterocycles. The lowest BCUT2D eigenvalue weighted by molar-refractivity contribution is -0.124. The Bertz CT molecular complexity index is 1330. The summed E-state index contributed by atoms with van der Waals surface area (Å²) in [5, 5.41) is 0.235. The zero-order valence-electron chi connectivity index (χ0n) is 37.5. The summed E-state index contributed by atoms with van der Waals surface area (Å²) in [7, 11) is -4.57. The lowest BCUT2D eigenvalue weighted by Gasteiger charge is -2.41. The standard InChI is InChI=1S/C43H79IO7Si3/c1-31(36(23-25-44)47-30-33-19-21-35(46-12)22-20-33)27-34(45)28-32(2)40-39(51-54(17,18)43(9,10)11)29-38(49-40)37(50-53(15,16)42(6,7)8)24-26-48-52(13,14)41(3,4)5/h19-23,25,31-32,36-40H,24,26-30H2,1-18H3/b25-23+/t31-,32-,36+,37-,38-,39-,40-/m0/s1. The summed E-state index contributed by atoms with van der Waals surface area (Å²) in [5.41, 5.74) is 1.07. The zero-order valence-corrected chi connectivity index (χ0v) is 42.6. The Hall–Kier alpha value is -0.389. The summed E-state index contributed by atoms with van der Waals surface area (Å²) < 4.78 is 41.9. The molecule has 1 heterocycles. The SMILES string of the molecule is COc1ccc(CO[C@H](/C=C/I)[C@@H](C)CC(=O)C[C@H](C)[C@@H]2O[C@H]([C@H](CCO[Si](C)(C)C(C)(C)C)O[Si](C)(C)C(C)(C)C)C[C@@H]2O[Si](C)(C)C(C)(C)C)cc1. The third kappa shape index (κ3) is 14.5. The predicted octanol–water partition coefficient (Wildman–Crippen LogP) is 12.5. The molecule has 0 unspecified atom stereocenters. The van der Waals surface area contributed by atoms with Crippen molar-refractivity contribution < 1.29 is 32.3 Å². The van der Waals surface area contributed by atoms with Crippen LogP contribution in [-0.2, 0) is 34.2 Å². The van der Waals surface area contributed by atoms with Gasteiger partial charge in [0.05, 0.1) is 44.2 Å². The average Bonchev–Trinajstić information content (AvgIpc) is 3.44. The minimum Gasteiger partial charge on any atom is -0.497 e. The first-order valence-corrected chi connectivity index (χ1v) is 30.2. The second-order valence-electron chi connectivity index (χ2n) is 20.4. The first kappa shape index (κ1) is 49.8. The van der Waals surface area contributed by atoms with E-state index in [1.54, 1.807) is 7.11 Å². The van der Waals surface area contributed by atoms with Crippen LogP contribution >= 0.6 is 22.6 Å². The van der Waals surface area contributed by atoms with Crippen LogP contribution in [0.3, 0.4) is 0 Å². The maximum Gasteiger partial charge on any atom is 0.192 e. The maximum absolute atomic E-state index is 13.8. The van der Waals surface area contributed by atoms with E-state index in [2.05, 4.69) is 144 Å². The first-order chi connectivity index (χ1) is 24.5. The number of methoxy groups -OCH3 is 1. The van der Waals surface area contributed by atoms with Crippen molar-refractivity contribution in [1.29, 1.82) is 0 Å². The van der Waals surface area contributed by atoms with Crippen LogP contribution in [0, 0.1) is 11.8 Å². The number of carbonyl (C=O) groups excluding carboxylic acids is 1. The Morgan fingerprint density at radius 2 is 1.43 bits per heavy atom. The summed E-state index contributed by atoms with van der Waals surface area (Å²) in [6.07, 6.45) is 3.72. The fraction of sp³-hybridized carbons (Fsp3) is 0.791. The maximum atomic E-state index is 13.8. The number of benzene rings is 1. The van der Waals surface area contributed by atoms with Crippen molar-refractivity contribution in [3.63, 3.8) is 0 Å². The number of carbonyl (C=O) groups is 1. The summed E-state index contributed by atoms with van der Waals surface area (Å²) in [4.78, 5) is 13.8. The van der Waals surface area contributed by atoms with E-state index in [0.717, 1.165) is 24.2 Å². The van der Waals surface area contributed by atoms with Gasteiger partial charge < -0.3 is 27.5 Å². The number of hydrogen-bond acceptors (Lipinski definition) is 7. The van der Waals surface area contributed by atoms with Crippen molar-refractivity contribution >= 4 is 53.3 Å². The van der Waals surface area contributed by atoms with E-state index in [1.165, 1.54) is 0 Å². The molecule has 312 valence electrons. The van der Waals surface area contributed by atoms with Crippen LogP contribution in [0.2, 0.25) is 54.4 Å². The van der Waals surface area contributed by atoms with Gasteiger partial charge in [0.1, 0.15) is 11.5 Å². The Morgan fingerprint density at radius 1 is 0.870 bits per heavy atom. The van der Waals surface area contributed by atoms with Gasteiger partial charge in [0.2, 0.25) is 0 Å². The number of rotatable bonds is 20. The topological polar surface area (TPSA) is 72.5 Å². The molecule has 0 spiro atoms. The van der Waals surface area contributed by atoms with Gasteiger partial charge in [-0.25, -0.2) is 0 Å². The highest BCUT2D eigenvalue weighted by atomic mass is 127. The van der Waals surface area contributed by atoms with Gasteiger partial charge in [-0.3, -0.25) is 4.79 Å². The normalized spacial score (nSPS) is 21.6. The van der Waals surface area contributed by atoms with E-state index in [-0.39, 0.29) is 63.3 Å². The molecule has 1 aromatic rings. The van der Waals surface area contributed by atoms with Gasteiger partial charge >= 0.3 is 0 Å². The average molecular weight is 919 g/mol. The number of ketones is 1. The number of hydrogen-bond donors (Lipinski definition) is 0. The smallest absolute Gasteiger partial charge is 0.192 e. The quantitative estimate of drug-likeness (QED) is 0.0953. The molecule has 1 aliphatic heterocycles. The molecule has 0 bridgehead atoms. The van der Waals surface area contributed by atoms with Crippen LogP contribution in [0.1, 0.15) is 107 Å². The predicted molar refractivity (Wildman–Crippen MR) is 242 cm³/mol. The Balaban J connectivity index is 2.31. The second kappa shape index (κ2) is 20.0. The van der Waals surface area contributed by atoms with Crippen molar-refractivity contribution in [2.75, 3.05) is 13.7 Å². The molecule has 0 N–H and O–H groups in total. The monoisotopic (exact) mass is 918 g/mol. The number of ether oxygens (including phenoxy) is 3. The summed E-state index contributed by atoms with van der Waals surface area (Å²) in [6, 6.07) is 7.92. The fourth-order valence-electron chi connectivity index (χ4n) is 6.07. The molecule has 0 aliphatic carbocycles. The Kier molecular flexibility index (Phi) is 18.5. The molecule has 54 heavy (non-hydrogen) atoms. The van der Waals surface area contributed by atoms with E-state index in [9.17, 15) is 4.79 Å². The van der Waals surface area contributed by atoms with Crippen LogP contribution in [0.15, 0.2) is 34.4 Å². The molecule has 1 saturated heterocycles. The Morgan fingerprint density at radius 3 is 1.93 bits per heavy atom. The van der Waals surface area contributed by atoms with Gasteiger partial charge in [-0.15, -0.1) is 0 Å². The van der Waals surface area contributed by atoms with Gasteiger partial charge in [-0.1, -0.05) is 111 Å². The molecule has 0 radical (unpaired) electrons. The van der Waals surface area contributed by atoms with Crippen LogP contribution in [0.25, 0.3) is 0 Å². The third-order valence-electron chi connectivity index (χ3n) is 12.8. The van der Waals surface area contributed by atoms with Crippen molar-refractivity contribution in [2.24, 2.45) is 11.8 Å². The van der Waals surface area contributed by atoms with Crippen molar-refractivity contribution in [3.05, 3.63) is 40.0 Å². The van der Waals surface area contributed by atoms with Crippen molar-refractivity contribution in [1.82, 2.24) is 0 Å². The molecular weight excluding hydrogens is 840 g/mol. The number of halogens is 1. The van der Waals surface area contributed by atoms with Gasteiger partial charge in [-0.05, 0) is 101 Å². The van der Waals surface area contributed by atoms with Crippen LogP contribution in [0.5, 0.6) is 5.75 Å². The largest absolute Gasteiger partial charge is 0.497 e. The van der Waals surface area contributed by atoms with Crippen LogP contribution in [0.4, 0.5) is 0 Å². The molecule has 1 aliphatic rings. The van der Waals surface area contributed by atoms with E-state index < -0.39 is 25.0 Å². The number of Topliss-reactive ketones (excluding diaryl/α,β-unsaturated/α-hetero) is 1. The molecule has 0 amide bonds. The second-order valence-corrected chi connectivity index (χ2v) is 35.5. The molecule has 2 rings (SSSR count). The van der Waals surface area contributed by atoms with Crippen molar-refractivity contribution in [2.45, 2.75) is 193 Å². The summed E-state index contributed by atoms with van der Waals surface area (Å²) in [5.74, 6) is 1.05. The summed E-state index contributed by atoms with van der Waals surface area (Å²) >= 11 is 2.23. The molecule has 1 aromatic carbocycles. The van der Waals surface area contributed by atoms with Crippen molar-refractivity contribution in [3.8, 4) is 5.75 Å². The highest BCUT2D eigenvalue weighted by Gasteiger charge is 2.50. The van der Waals surface area contributed by atoms with E-state index in [4.69, 9.17) is 27.5 Å². The van der Waals surface area contributed by atoms with Gasteiger partial charge in [0.15, 0.2) is 25.0 Å². The molecule has 1 fully saturated rings.